The first kappa shape index (κ1) is 9.84. The predicted molar refractivity (Wildman–Crippen MR) is 60.5 cm³/mol. The number of aromatic carboxylic acids is 1. The molecule has 4 nitrogen and oxygen atoms in total. The summed E-state index contributed by atoms with van der Waals surface area (Å²) < 4.78 is 16.7. The van der Waals surface area contributed by atoms with Crippen molar-refractivity contribution in [1.82, 2.24) is 0 Å². The first-order chi connectivity index (χ1) is 7.60. The van der Waals surface area contributed by atoms with Crippen molar-refractivity contribution in [3.63, 3.8) is 0 Å². The van der Waals surface area contributed by atoms with E-state index in [2.05, 4.69) is 4.36 Å². The maximum absolute atomic E-state index is 12.4. The van der Waals surface area contributed by atoms with Crippen LogP contribution in [0.4, 0.5) is 5.69 Å². The minimum Gasteiger partial charge on any atom is -0.478 e. The summed E-state index contributed by atoms with van der Waals surface area (Å²) >= 11 is 0. The highest BCUT2D eigenvalue weighted by molar-refractivity contribution is 7.94. The van der Waals surface area contributed by atoms with E-state index in [9.17, 15) is 9.00 Å². The van der Waals surface area contributed by atoms with Gasteiger partial charge < -0.3 is 5.11 Å². The average molecular weight is 237 g/mol. The number of fused-ring (bicyclic) bond motifs is 3. The second kappa shape index (κ2) is 3.07. The van der Waals surface area contributed by atoms with Crippen molar-refractivity contribution in [2.24, 2.45) is 4.36 Å². The van der Waals surface area contributed by atoms with Gasteiger partial charge in [-0.25, -0.2) is 9.00 Å². The fraction of sp³-hybridized carbons (Fsp3) is 0.364. The maximum atomic E-state index is 12.4. The Hall–Kier alpha value is -1.36. The third-order valence-electron chi connectivity index (χ3n) is 3.22. The molecular formula is C11H11NO3S. The van der Waals surface area contributed by atoms with E-state index < -0.39 is 15.7 Å². The van der Waals surface area contributed by atoms with Crippen molar-refractivity contribution < 1.29 is 14.1 Å². The molecule has 0 amide bonds. The van der Waals surface area contributed by atoms with Crippen LogP contribution in [0.1, 0.15) is 34.0 Å². The van der Waals surface area contributed by atoms with Crippen LogP contribution in [0.3, 0.4) is 0 Å². The number of hydrogen-bond donors (Lipinski definition) is 1. The lowest BCUT2D eigenvalue weighted by Gasteiger charge is -2.06. The molecule has 1 fully saturated rings. The molecule has 0 bridgehead atoms. The van der Waals surface area contributed by atoms with E-state index in [1.807, 2.05) is 0 Å². The third kappa shape index (κ3) is 1.21. The van der Waals surface area contributed by atoms with Crippen molar-refractivity contribution >= 4 is 21.4 Å². The Morgan fingerprint density at radius 3 is 3.06 bits per heavy atom. The van der Waals surface area contributed by atoms with E-state index >= 15 is 0 Å². The summed E-state index contributed by atoms with van der Waals surface area (Å²) in [4.78, 5) is 10.9. The lowest BCUT2D eigenvalue weighted by atomic mass is 10.0. The molecule has 1 saturated heterocycles. The Bertz CT molecular complexity index is 599. The van der Waals surface area contributed by atoms with Gasteiger partial charge in [0.1, 0.15) is 0 Å². The fourth-order valence-corrected chi connectivity index (χ4v) is 5.16. The molecular weight excluding hydrogens is 226 g/mol. The van der Waals surface area contributed by atoms with Gasteiger partial charge in [0, 0.05) is 5.75 Å². The number of hydrogen-bond acceptors (Lipinski definition) is 3. The standard InChI is InChI=1S/C11H11NO3S/c13-11(14)7-3-4-9-8(6-7)10-2-1-5-16(10,15)12-9/h3-4,6,10H,1-2,5H2,(H,13,14). The van der Waals surface area contributed by atoms with Crippen LogP contribution >= 0.6 is 0 Å². The van der Waals surface area contributed by atoms with Crippen LogP contribution in [-0.4, -0.2) is 21.0 Å². The van der Waals surface area contributed by atoms with Gasteiger partial charge in [0.15, 0.2) is 0 Å². The fourth-order valence-electron chi connectivity index (χ4n) is 2.46. The first-order valence-electron chi connectivity index (χ1n) is 5.21. The SMILES string of the molecule is O=C(O)c1ccc2c(c1)C1CCCS1(=O)=N2. The van der Waals surface area contributed by atoms with Crippen LogP contribution in [0.15, 0.2) is 22.6 Å². The second-order valence-electron chi connectivity index (χ2n) is 4.19. The molecule has 0 aliphatic carbocycles. The van der Waals surface area contributed by atoms with Crippen LogP contribution in [0.5, 0.6) is 0 Å². The minimum atomic E-state index is -2.13. The summed E-state index contributed by atoms with van der Waals surface area (Å²) in [5.41, 5.74) is 1.84. The molecule has 1 N–H and O–H groups in total. The Labute approximate surface area is 93.5 Å². The van der Waals surface area contributed by atoms with Crippen molar-refractivity contribution in [1.29, 1.82) is 0 Å². The molecule has 2 atom stereocenters. The van der Waals surface area contributed by atoms with Crippen LogP contribution in [0.25, 0.3) is 0 Å². The monoisotopic (exact) mass is 237 g/mol. The van der Waals surface area contributed by atoms with Gasteiger partial charge in [0.2, 0.25) is 0 Å². The topological polar surface area (TPSA) is 66.7 Å². The van der Waals surface area contributed by atoms with Crippen molar-refractivity contribution in [2.45, 2.75) is 18.1 Å². The largest absolute Gasteiger partial charge is 0.478 e. The molecule has 3 rings (SSSR count). The summed E-state index contributed by atoms with van der Waals surface area (Å²) in [5, 5.41) is 8.88. The number of benzene rings is 1. The van der Waals surface area contributed by atoms with E-state index in [4.69, 9.17) is 5.11 Å². The van der Waals surface area contributed by atoms with E-state index in [-0.39, 0.29) is 10.8 Å². The third-order valence-corrected chi connectivity index (χ3v) is 5.98. The number of carboxylic acids is 1. The number of carbonyl (C=O) groups is 1. The van der Waals surface area contributed by atoms with Crippen molar-refractivity contribution in [2.75, 3.05) is 5.75 Å². The quantitative estimate of drug-likeness (QED) is 0.815. The molecule has 5 heteroatoms. The molecule has 0 radical (unpaired) electrons. The molecule has 0 spiro atoms. The van der Waals surface area contributed by atoms with Gasteiger partial charge in [-0.15, -0.1) is 0 Å². The number of carboxylic acid groups (broad SMARTS) is 1. The van der Waals surface area contributed by atoms with Gasteiger partial charge >= 0.3 is 5.97 Å². The highest BCUT2D eigenvalue weighted by Crippen LogP contribution is 2.47. The van der Waals surface area contributed by atoms with Gasteiger partial charge in [-0.3, -0.25) is 0 Å². The lowest BCUT2D eigenvalue weighted by molar-refractivity contribution is 0.0697. The molecule has 2 unspecified atom stereocenters. The van der Waals surface area contributed by atoms with Gasteiger partial charge in [0.05, 0.1) is 26.2 Å². The highest BCUT2D eigenvalue weighted by Gasteiger charge is 2.37. The molecule has 2 aliphatic rings. The summed E-state index contributed by atoms with van der Waals surface area (Å²) in [6.07, 6.45) is 1.78. The molecule has 16 heavy (non-hydrogen) atoms. The Morgan fingerprint density at radius 1 is 1.50 bits per heavy atom. The number of nitrogens with zero attached hydrogens (tertiary/aromatic N) is 1. The van der Waals surface area contributed by atoms with E-state index in [0.717, 1.165) is 24.1 Å². The van der Waals surface area contributed by atoms with Crippen LogP contribution in [-0.2, 0) is 9.73 Å². The summed E-state index contributed by atoms with van der Waals surface area (Å²) in [7, 11) is -2.13. The van der Waals surface area contributed by atoms with Crippen LogP contribution < -0.4 is 0 Å². The first-order valence-corrected chi connectivity index (χ1v) is 6.96. The summed E-state index contributed by atoms with van der Waals surface area (Å²) in [5.74, 6) is -0.298. The van der Waals surface area contributed by atoms with Crippen LogP contribution in [0, 0.1) is 0 Å². The predicted octanol–water partition coefficient (Wildman–Crippen LogP) is 2.33. The Balaban J connectivity index is 2.18. The zero-order valence-electron chi connectivity index (χ0n) is 8.55. The smallest absolute Gasteiger partial charge is 0.335 e. The van der Waals surface area contributed by atoms with Gasteiger partial charge in [-0.1, -0.05) is 0 Å². The molecule has 84 valence electrons. The zero-order valence-corrected chi connectivity index (χ0v) is 9.37. The molecule has 1 aromatic rings. The normalized spacial score (nSPS) is 30.6. The molecule has 0 aromatic heterocycles. The highest BCUT2D eigenvalue weighted by atomic mass is 32.2. The van der Waals surface area contributed by atoms with Crippen LogP contribution in [0.2, 0.25) is 0 Å². The van der Waals surface area contributed by atoms with E-state index in [1.54, 1.807) is 12.1 Å². The van der Waals surface area contributed by atoms with E-state index in [0.29, 0.717) is 5.75 Å². The Kier molecular flexibility index (Phi) is 1.89. The zero-order chi connectivity index (χ0) is 11.3. The maximum Gasteiger partial charge on any atom is 0.335 e. The summed E-state index contributed by atoms with van der Waals surface area (Å²) in [6.45, 7) is 0. The molecule has 2 heterocycles. The second-order valence-corrected chi connectivity index (χ2v) is 6.73. The average Bonchev–Trinajstić information content (AvgIpc) is 2.70. The summed E-state index contributed by atoms with van der Waals surface area (Å²) in [6, 6.07) is 4.82. The molecule has 0 saturated carbocycles. The van der Waals surface area contributed by atoms with Gasteiger partial charge in [-0.2, -0.15) is 4.36 Å². The number of rotatable bonds is 1. The van der Waals surface area contributed by atoms with Crippen molar-refractivity contribution in [3.8, 4) is 0 Å². The Morgan fingerprint density at radius 2 is 2.31 bits per heavy atom. The molecule has 2 aliphatic heterocycles. The molecule has 1 aromatic carbocycles. The minimum absolute atomic E-state index is 0.0400. The van der Waals surface area contributed by atoms with Gasteiger partial charge in [0.25, 0.3) is 0 Å². The van der Waals surface area contributed by atoms with Gasteiger partial charge in [-0.05, 0) is 36.6 Å². The van der Waals surface area contributed by atoms with E-state index in [1.165, 1.54) is 6.07 Å². The van der Waals surface area contributed by atoms with Crippen molar-refractivity contribution in [3.05, 3.63) is 29.3 Å². The lowest BCUT2D eigenvalue weighted by Crippen LogP contribution is -2.03.